The third-order valence-corrected chi connectivity index (χ3v) is 3.13. The Hall–Kier alpha value is -0.960. The summed E-state index contributed by atoms with van der Waals surface area (Å²) in [5, 5.41) is 0. The minimum Gasteiger partial charge on any atom is -0.330 e. The fraction of sp³-hybridized carbons (Fsp3) is 0.545. The minimum absolute atomic E-state index is 0.190. The number of hydrogen-bond acceptors (Lipinski definition) is 2. The molecule has 1 aromatic rings. The van der Waals surface area contributed by atoms with E-state index in [9.17, 15) is 4.39 Å². The van der Waals surface area contributed by atoms with Gasteiger partial charge in [0.1, 0.15) is 6.17 Å². The molecule has 3 heteroatoms. The zero-order chi connectivity index (χ0) is 10.2. The van der Waals surface area contributed by atoms with Crippen molar-refractivity contribution in [1.29, 1.82) is 0 Å². The van der Waals surface area contributed by atoms with Gasteiger partial charge in [0.2, 0.25) is 0 Å². The smallest absolute Gasteiger partial charge is 0.102 e. The summed E-state index contributed by atoms with van der Waals surface area (Å²) >= 11 is 0. The Balaban J connectivity index is 2.34. The largest absolute Gasteiger partial charge is 0.330 e. The van der Waals surface area contributed by atoms with Crippen LogP contribution in [-0.4, -0.2) is 17.7 Å². The van der Waals surface area contributed by atoms with E-state index in [1.807, 2.05) is 19.1 Å². The number of rotatable bonds is 2. The van der Waals surface area contributed by atoms with Crippen molar-refractivity contribution < 1.29 is 4.39 Å². The third kappa shape index (κ3) is 1.32. The number of alkyl halides is 1. The van der Waals surface area contributed by atoms with Crippen LogP contribution in [0.25, 0.3) is 0 Å². The molecule has 1 heterocycles. The summed E-state index contributed by atoms with van der Waals surface area (Å²) in [6.45, 7) is 2.50. The van der Waals surface area contributed by atoms with Crippen LogP contribution < -0.4 is 5.73 Å². The molecule has 0 amide bonds. The van der Waals surface area contributed by atoms with Crippen molar-refractivity contribution in [1.82, 2.24) is 4.98 Å². The van der Waals surface area contributed by atoms with Crippen LogP contribution in [0.15, 0.2) is 18.3 Å². The Morgan fingerprint density at radius 3 is 2.86 bits per heavy atom. The molecule has 0 radical (unpaired) electrons. The van der Waals surface area contributed by atoms with Gasteiger partial charge in [-0.2, -0.15) is 0 Å². The topological polar surface area (TPSA) is 38.9 Å². The maximum Gasteiger partial charge on any atom is 0.102 e. The lowest BCUT2D eigenvalue weighted by molar-refractivity contribution is 0.0959. The quantitative estimate of drug-likeness (QED) is 0.778. The van der Waals surface area contributed by atoms with Gasteiger partial charge in [-0.3, -0.25) is 4.98 Å². The first-order valence-corrected chi connectivity index (χ1v) is 4.94. The van der Waals surface area contributed by atoms with Crippen molar-refractivity contribution >= 4 is 0 Å². The van der Waals surface area contributed by atoms with Gasteiger partial charge in [-0.05, 0) is 31.4 Å². The summed E-state index contributed by atoms with van der Waals surface area (Å²) in [6.07, 6.45) is 2.12. The number of halogens is 1. The molecule has 0 aliphatic heterocycles. The van der Waals surface area contributed by atoms with Crippen molar-refractivity contribution in [2.75, 3.05) is 6.54 Å². The van der Waals surface area contributed by atoms with E-state index in [4.69, 9.17) is 5.73 Å². The van der Waals surface area contributed by atoms with Crippen LogP contribution in [0.2, 0.25) is 0 Å². The Labute approximate surface area is 83.3 Å². The zero-order valence-electron chi connectivity index (χ0n) is 8.33. The fourth-order valence-electron chi connectivity index (χ4n) is 2.29. The highest BCUT2D eigenvalue weighted by molar-refractivity contribution is 5.30. The molecule has 0 unspecified atom stereocenters. The summed E-state index contributed by atoms with van der Waals surface area (Å²) in [6, 6.07) is 3.90. The van der Waals surface area contributed by atoms with Crippen LogP contribution in [0.5, 0.6) is 0 Å². The van der Waals surface area contributed by atoms with Gasteiger partial charge >= 0.3 is 0 Å². The molecular formula is C11H15FN2. The second-order valence-electron chi connectivity index (χ2n) is 4.16. The van der Waals surface area contributed by atoms with Crippen LogP contribution >= 0.6 is 0 Å². The molecule has 1 saturated carbocycles. The van der Waals surface area contributed by atoms with E-state index in [2.05, 4.69) is 4.98 Å². The number of aryl methyl sites for hydroxylation is 1. The van der Waals surface area contributed by atoms with E-state index in [1.165, 1.54) is 0 Å². The Morgan fingerprint density at radius 2 is 2.36 bits per heavy atom. The van der Waals surface area contributed by atoms with Crippen LogP contribution in [0, 0.1) is 6.92 Å². The number of hydrogen-bond donors (Lipinski definition) is 1. The van der Waals surface area contributed by atoms with E-state index in [0.717, 1.165) is 11.3 Å². The average Bonchev–Trinajstić information content (AvgIpc) is 2.14. The van der Waals surface area contributed by atoms with Crippen LogP contribution in [0.3, 0.4) is 0 Å². The summed E-state index contributed by atoms with van der Waals surface area (Å²) < 4.78 is 12.9. The standard InChI is InChI=1S/C11H15FN2/c1-8-3-2-4-14-10(8)11(7-13)5-9(12)6-11/h2-4,9H,5-7,13H2,1H3. The Morgan fingerprint density at radius 1 is 1.64 bits per heavy atom. The fourth-order valence-corrected chi connectivity index (χ4v) is 2.29. The monoisotopic (exact) mass is 194 g/mol. The van der Waals surface area contributed by atoms with Crippen molar-refractivity contribution in [3.8, 4) is 0 Å². The maximum atomic E-state index is 12.9. The molecule has 0 spiro atoms. The van der Waals surface area contributed by atoms with Gasteiger partial charge in [0, 0.05) is 18.2 Å². The SMILES string of the molecule is Cc1cccnc1C1(CN)CC(F)C1. The minimum atomic E-state index is -0.694. The number of nitrogens with two attached hydrogens (primary N) is 1. The van der Waals surface area contributed by atoms with Crippen molar-refractivity contribution in [2.45, 2.75) is 31.4 Å². The molecule has 2 rings (SSSR count). The highest BCUT2D eigenvalue weighted by atomic mass is 19.1. The van der Waals surface area contributed by atoms with Crippen LogP contribution in [0.4, 0.5) is 4.39 Å². The maximum absolute atomic E-state index is 12.9. The van der Waals surface area contributed by atoms with Crippen molar-refractivity contribution in [2.24, 2.45) is 5.73 Å². The molecule has 0 bridgehead atoms. The van der Waals surface area contributed by atoms with E-state index in [1.54, 1.807) is 6.20 Å². The van der Waals surface area contributed by atoms with Gasteiger partial charge in [-0.25, -0.2) is 4.39 Å². The molecule has 0 aromatic carbocycles. The molecule has 14 heavy (non-hydrogen) atoms. The predicted octanol–water partition coefficient (Wildman–Crippen LogP) is 1.72. The van der Waals surface area contributed by atoms with Gasteiger partial charge in [-0.15, -0.1) is 0 Å². The predicted molar refractivity (Wildman–Crippen MR) is 53.8 cm³/mol. The molecular weight excluding hydrogens is 179 g/mol. The van der Waals surface area contributed by atoms with Crippen LogP contribution in [0.1, 0.15) is 24.1 Å². The van der Waals surface area contributed by atoms with E-state index >= 15 is 0 Å². The average molecular weight is 194 g/mol. The lowest BCUT2D eigenvalue weighted by Crippen LogP contribution is -2.49. The number of aromatic nitrogens is 1. The molecule has 1 aliphatic carbocycles. The van der Waals surface area contributed by atoms with E-state index < -0.39 is 6.17 Å². The lowest BCUT2D eigenvalue weighted by atomic mass is 9.64. The van der Waals surface area contributed by atoms with Gasteiger partial charge in [0.15, 0.2) is 0 Å². The Bertz CT molecular complexity index is 332. The molecule has 1 fully saturated rings. The summed E-state index contributed by atoms with van der Waals surface area (Å²) in [7, 11) is 0. The van der Waals surface area contributed by atoms with E-state index in [-0.39, 0.29) is 5.41 Å². The number of pyridine rings is 1. The molecule has 0 saturated heterocycles. The third-order valence-electron chi connectivity index (χ3n) is 3.13. The van der Waals surface area contributed by atoms with Gasteiger partial charge in [-0.1, -0.05) is 6.07 Å². The first-order valence-electron chi connectivity index (χ1n) is 4.94. The highest BCUT2D eigenvalue weighted by Crippen LogP contribution is 2.44. The first-order chi connectivity index (χ1) is 6.68. The first kappa shape index (κ1) is 9.59. The van der Waals surface area contributed by atoms with Crippen LogP contribution in [-0.2, 0) is 5.41 Å². The molecule has 1 aliphatic rings. The molecule has 1 aromatic heterocycles. The summed E-state index contributed by atoms with van der Waals surface area (Å²) in [5.74, 6) is 0. The summed E-state index contributed by atoms with van der Waals surface area (Å²) in [4.78, 5) is 4.33. The Kier molecular flexibility index (Phi) is 2.27. The molecule has 2 N–H and O–H groups in total. The van der Waals surface area contributed by atoms with Gasteiger partial charge in [0.25, 0.3) is 0 Å². The lowest BCUT2D eigenvalue weighted by Gasteiger charge is -2.43. The highest BCUT2D eigenvalue weighted by Gasteiger charge is 2.46. The number of nitrogens with zero attached hydrogens (tertiary/aromatic N) is 1. The van der Waals surface area contributed by atoms with Gasteiger partial charge < -0.3 is 5.73 Å². The molecule has 2 nitrogen and oxygen atoms in total. The molecule has 0 atom stereocenters. The zero-order valence-corrected chi connectivity index (χ0v) is 8.33. The van der Waals surface area contributed by atoms with Crippen molar-refractivity contribution in [3.05, 3.63) is 29.6 Å². The second-order valence-corrected chi connectivity index (χ2v) is 4.16. The van der Waals surface area contributed by atoms with Crippen molar-refractivity contribution in [3.63, 3.8) is 0 Å². The van der Waals surface area contributed by atoms with Gasteiger partial charge in [0.05, 0.1) is 5.69 Å². The van der Waals surface area contributed by atoms with E-state index in [0.29, 0.717) is 19.4 Å². The molecule has 76 valence electrons. The summed E-state index contributed by atoms with van der Waals surface area (Å²) in [5.41, 5.74) is 7.63. The second kappa shape index (κ2) is 3.31. The normalized spacial score (nSPS) is 31.2.